The Hall–Kier alpha value is -1.86. The summed E-state index contributed by atoms with van der Waals surface area (Å²) in [5.41, 5.74) is 0.154. The summed E-state index contributed by atoms with van der Waals surface area (Å²) >= 11 is 9.41. The number of carbonyl (C=O) groups excluding carboxylic acids is 2. The summed E-state index contributed by atoms with van der Waals surface area (Å²) in [5, 5.41) is 0.339. The first-order valence-electron chi connectivity index (χ1n) is 5.61. The van der Waals surface area contributed by atoms with Crippen LogP contribution in [0.15, 0.2) is 27.1 Å². The Morgan fingerprint density at radius 1 is 1.24 bits per heavy atom. The number of hydrogen-bond acceptors (Lipinski definition) is 6. The molecule has 0 saturated carbocycles. The van der Waals surface area contributed by atoms with Gasteiger partial charge in [-0.1, -0.05) is 17.7 Å². The van der Waals surface area contributed by atoms with E-state index >= 15 is 0 Å². The Morgan fingerprint density at radius 3 is 2.52 bits per heavy atom. The molecule has 0 fully saturated rings. The van der Waals surface area contributed by atoms with Gasteiger partial charge >= 0.3 is 11.9 Å². The van der Waals surface area contributed by atoms with Crippen molar-refractivity contribution in [1.82, 2.24) is 4.98 Å². The quantitative estimate of drug-likeness (QED) is 0.767. The molecule has 0 N–H and O–H groups in total. The van der Waals surface area contributed by atoms with Gasteiger partial charge in [0, 0.05) is 4.47 Å². The van der Waals surface area contributed by atoms with Crippen molar-refractivity contribution in [1.29, 1.82) is 0 Å². The molecule has 0 aliphatic heterocycles. The molecule has 0 aliphatic carbocycles. The zero-order chi connectivity index (χ0) is 15.6. The molecule has 6 nitrogen and oxygen atoms in total. The Kier molecular flexibility index (Phi) is 4.64. The maximum atomic E-state index is 11.7. The van der Waals surface area contributed by atoms with E-state index in [2.05, 4.69) is 30.4 Å². The lowest BCUT2D eigenvalue weighted by molar-refractivity contribution is 0.0527. The molecule has 0 atom stereocenters. The Balaban J connectivity index is 2.61. The van der Waals surface area contributed by atoms with Crippen LogP contribution in [0.1, 0.15) is 21.0 Å². The number of esters is 2. The molecule has 110 valence electrons. The van der Waals surface area contributed by atoms with E-state index in [4.69, 9.17) is 16.0 Å². The molecule has 1 aromatic carbocycles. The molecule has 0 unspecified atom stereocenters. The number of methoxy groups -OCH3 is 2. The largest absolute Gasteiger partial charge is 0.464 e. The minimum Gasteiger partial charge on any atom is -0.464 e. The predicted octanol–water partition coefficient (Wildman–Crippen LogP) is 3.33. The first-order chi connectivity index (χ1) is 9.99. The maximum absolute atomic E-state index is 11.7. The standard InChI is InChI=1S/C13H9BrClNO5/c1-19-12(17)9-10(13(18)20-2)21-11(16-9)6-4-3-5-7(14)8(6)15/h3-5H,1-2H3. The lowest BCUT2D eigenvalue weighted by Gasteiger charge is -2.00. The first-order valence-corrected chi connectivity index (χ1v) is 6.78. The third kappa shape index (κ3) is 2.93. The summed E-state index contributed by atoms with van der Waals surface area (Å²) in [5.74, 6) is -1.96. The summed E-state index contributed by atoms with van der Waals surface area (Å²) in [7, 11) is 2.33. The van der Waals surface area contributed by atoms with Crippen LogP contribution in [0.3, 0.4) is 0 Å². The fourth-order valence-electron chi connectivity index (χ4n) is 1.57. The topological polar surface area (TPSA) is 78.6 Å². The number of carbonyl (C=O) groups is 2. The molecule has 0 amide bonds. The third-order valence-corrected chi connectivity index (χ3v) is 3.86. The lowest BCUT2D eigenvalue weighted by Crippen LogP contribution is -2.10. The summed E-state index contributed by atoms with van der Waals surface area (Å²) in [6, 6.07) is 5.09. The van der Waals surface area contributed by atoms with Crippen LogP contribution >= 0.6 is 27.5 Å². The normalized spacial score (nSPS) is 10.3. The van der Waals surface area contributed by atoms with Crippen LogP contribution in [0.5, 0.6) is 0 Å². The molecule has 1 heterocycles. The Labute approximate surface area is 133 Å². The number of oxazole rings is 1. The summed E-state index contributed by atoms with van der Waals surface area (Å²) in [6.07, 6.45) is 0. The molecule has 0 bridgehead atoms. The van der Waals surface area contributed by atoms with E-state index in [1.54, 1.807) is 18.2 Å². The molecule has 0 aliphatic rings. The van der Waals surface area contributed by atoms with Crippen LogP contribution in [0.25, 0.3) is 11.5 Å². The average molecular weight is 375 g/mol. The number of ether oxygens (including phenoxy) is 2. The van der Waals surface area contributed by atoms with Crippen molar-refractivity contribution in [2.45, 2.75) is 0 Å². The van der Waals surface area contributed by atoms with E-state index in [0.717, 1.165) is 7.11 Å². The van der Waals surface area contributed by atoms with Crippen molar-refractivity contribution >= 4 is 39.5 Å². The highest BCUT2D eigenvalue weighted by molar-refractivity contribution is 9.10. The van der Waals surface area contributed by atoms with Gasteiger partial charge in [0.2, 0.25) is 17.3 Å². The van der Waals surface area contributed by atoms with Gasteiger partial charge in [-0.25, -0.2) is 14.6 Å². The van der Waals surface area contributed by atoms with Crippen LogP contribution in [-0.2, 0) is 9.47 Å². The number of benzene rings is 1. The zero-order valence-corrected chi connectivity index (χ0v) is 13.3. The molecular weight excluding hydrogens is 366 g/mol. The van der Waals surface area contributed by atoms with E-state index in [9.17, 15) is 9.59 Å². The van der Waals surface area contributed by atoms with Crippen LogP contribution in [0.4, 0.5) is 0 Å². The molecule has 8 heteroatoms. The van der Waals surface area contributed by atoms with Gasteiger partial charge in [-0.15, -0.1) is 0 Å². The third-order valence-electron chi connectivity index (χ3n) is 2.56. The van der Waals surface area contributed by atoms with E-state index in [1.807, 2.05) is 0 Å². The van der Waals surface area contributed by atoms with E-state index in [1.165, 1.54) is 7.11 Å². The highest BCUT2D eigenvalue weighted by Crippen LogP contribution is 2.34. The van der Waals surface area contributed by atoms with Crippen LogP contribution in [0.2, 0.25) is 5.02 Å². The summed E-state index contributed by atoms with van der Waals surface area (Å²) < 4.78 is 15.1. The van der Waals surface area contributed by atoms with Crippen molar-refractivity contribution in [2.75, 3.05) is 14.2 Å². The highest BCUT2D eigenvalue weighted by Gasteiger charge is 2.28. The van der Waals surface area contributed by atoms with Crippen molar-refractivity contribution < 1.29 is 23.5 Å². The van der Waals surface area contributed by atoms with Crippen LogP contribution in [-0.4, -0.2) is 31.1 Å². The van der Waals surface area contributed by atoms with Gasteiger partial charge in [-0.2, -0.15) is 0 Å². The van der Waals surface area contributed by atoms with E-state index in [0.29, 0.717) is 15.1 Å². The van der Waals surface area contributed by atoms with Crippen LogP contribution in [0, 0.1) is 0 Å². The van der Waals surface area contributed by atoms with Gasteiger partial charge in [0.15, 0.2) is 0 Å². The van der Waals surface area contributed by atoms with E-state index < -0.39 is 11.9 Å². The fourth-order valence-corrected chi connectivity index (χ4v) is 2.14. The molecule has 21 heavy (non-hydrogen) atoms. The zero-order valence-electron chi connectivity index (χ0n) is 11.0. The molecule has 0 spiro atoms. The van der Waals surface area contributed by atoms with Crippen molar-refractivity contribution in [3.63, 3.8) is 0 Å². The number of hydrogen-bond donors (Lipinski definition) is 0. The second-order valence-corrected chi connectivity index (χ2v) is 5.01. The predicted molar refractivity (Wildman–Crippen MR) is 77.3 cm³/mol. The van der Waals surface area contributed by atoms with Gasteiger partial charge in [0.25, 0.3) is 0 Å². The van der Waals surface area contributed by atoms with Gasteiger partial charge < -0.3 is 13.9 Å². The van der Waals surface area contributed by atoms with Crippen LogP contribution < -0.4 is 0 Å². The lowest BCUT2D eigenvalue weighted by atomic mass is 10.2. The molecule has 0 radical (unpaired) electrons. The van der Waals surface area contributed by atoms with Crippen molar-refractivity contribution in [3.8, 4) is 11.5 Å². The van der Waals surface area contributed by atoms with Gasteiger partial charge in [-0.3, -0.25) is 0 Å². The van der Waals surface area contributed by atoms with Gasteiger partial charge in [0.1, 0.15) is 0 Å². The van der Waals surface area contributed by atoms with E-state index in [-0.39, 0.29) is 17.3 Å². The highest BCUT2D eigenvalue weighted by atomic mass is 79.9. The number of aromatic nitrogens is 1. The maximum Gasteiger partial charge on any atom is 0.376 e. The molecule has 2 rings (SSSR count). The summed E-state index contributed by atoms with van der Waals surface area (Å²) in [4.78, 5) is 27.3. The first kappa shape index (κ1) is 15.5. The second kappa shape index (κ2) is 6.28. The molecule has 2 aromatic rings. The molecular formula is C13H9BrClNO5. The minimum atomic E-state index is -0.833. The second-order valence-electron chi connectivity index (χ2n) is 3.78. The van der Waals surface area contributed by atoms with Gasteiger partial charge in [-0.05, 0) is 28.1 Å². The summed E-state index contributed by atoms with van der Waals surface area (Å²) in [6.45, 7) is 0. The molecule has 0 saturated heterocycles. The number of halogens is 2. The average Bonchev–Trinajstić information content (AvgIpc) is 2.93. The number of rotatable bonds is 3. The SMILES string of the molecule is COC(=O)c1nc(-c2cccc(Br)c2Cl)oc1C(=O)OC. The minimum absolute atomic E-state index is 0.0158. The van der Waals surface area contributed by atoms with Crippen molar-refractivity contribution in [2.24, 2.45) is 0 Å². The smallest absolute Gasteiger partial charge is 0.376 e. The monoisotopic (exact) mass is 373 g/mol. The van der Waals surface area contributed by atoms with Crippen molar-refractivity contribution in [3.05, 3.63) is 39.1 Å². The fraction of sp³-hybridized carbons (Fsp3) is 0.154. The Morgan fingerprint density at radius 2 is 1.90 bits per heavy atom. The molecule has 1 aromatic heterocycles. The Bertz CT molecular complexity index is 679. The number of nitrogens with zero attached hydrogens (tertiary/aromatic N) is 1. The van der Waals surface area contributed by atoms with Gasteiger partial charge in [0.05, 0.1) is 24.8 Å².